The maximum Gasteiger partial charge on any atom is 0.501 e. The van der Waals surface area contributed by atoms with Gasteiger partial charge >= 0.3 is 20.7 Å². The molecule has 0 aromatic rings. The molecular weight excluding hydrogens is 380 g/mol. The third-order valence-electron chi connectivity index (χ3n) is 4.80. The highest BCUT2D eigenvalue weighted by molar-refractivity contribution is 6.60. The summed E-state index contributed by atoms with van der Waals surface area (Å²) in [6, 6.07) is 0.588. The molecule has 0 aromatic heterocycles. The first kappa shape index (κ1) is 27.0. The van der Waals surface area contributed by atoms with Crippen LogP contribution in [0.2, 0.25) is 6.04 Å². The van der Waals surface area contributed by atoms with Crippen molar-refractivity contribution in [3.63, 3.8) is 0 Å². The molecule has 166 valence electrons. The molecule has 0 saturated heterocycles. The van der Waals surface area contributed by atoms with Crippen molar-refractivity contribution in [2.24, 2.45) is 10.8 Å². The highest BCUT2D eigenvalue weighted by Crippen LogP contribution is 2.38. The number of methoxy groups -OCH3 is 1. The molecule has 1 unspecified atom stereocenters. The number of ether oxygens (including phenoxy) is 2. The molecule has 0 amide bonds. The Morgan fingerprint density at radius 2 is 1.36 bits per heavy atom. The van der Waals surface area contributed by atoms with Crippen molar-refractivity contribution < 1.29 is 32.3 Å². The fourth-order valence-electron chi connectivity index (χ4n) is 3.29. The lowest BCUT2D eigenvalue weighted by Crippen LogP contribution is -2.46. The first-order chi connectivity index (χ1) is 13.1. The van der Waals surface area contributed by atoms with Gasteiger partial charge in [0, 0.05) is 25.9 Å². The van der Waals surface area contributed by atoms with Gasteiger partial charge in [0.15, 0.2) is 0 Å². The van der Waals surface area contributed by atoms with Gasteiger partial charge in [-0.3, -0.25) is 9.59 Å². The summed E-state index contributed by atoms with van der Waals surface area (Å²) < 4.78 is 27.8. The summed E-state index contributed by atoms with van der Waals surface area (Å²) in [5.74, 6) is -0.635. The molecule has 0 aromatic carbocycles. The third kappa shape index (κ3) is 8.19. The number of rotatable bonds is 15. The van der Waals surface area contributed by atoms with Gasteiger partial charge in [-0.05, 0) is 60.8 Å². The highest BCUT2D eigenvalue weighted by atomic mass is 28.4. The summed E-state index contributed by atoms with van der Waals surface area (Å²) in [6.45, 7) is 14.9. The predicted octanol–water partition coefficient (Wildman–Crippen LogP) is 3.97. The smallest absolute Gasteiger partial charge is 0.469 e. The topological polar surface area (TPSA) is 80.3 Å². The van der Waals surface area contributed by atoms with Crippen LogP contribution in [0, 0.1) is 10.8 Å². The molecule has 7 nitrogen and oxygen atoms in total. The molecule has 0 aliphatic rings. The molecule has 0 bridgehead atoms. The van der Waals surface area contributed by atoms with E-state index in [1.807, 2.05) is 34.6 Å². The van der Waals surface area contributed by atoms with Crippen molar-refractivity contribution in [3.8, 4) is 0 Å². The van der Waals surface area contributed by atoms with Crippen molar-refractivity contribution in [1.82, 2.24) is 0 Å². The second-order valence-corrected chi connectivity index (χ2v) is 10.4. The quantitative estimate of drug-likeness (QED) is 0.225. The summed E-state index contributed by atoms with van der Waals surface area (Å²) in [7, 11) is -1.36. The maximum atomic E-state index is 12.6. The maximum absolute atomic E-state index is 12.6. The lowest BCUT2D eigenvalue weighted by molar-refractivity contribution is -0.161. The zero-order valence-electron chi connectivity index (χ0n) is 19.0. The second-order valence-electron chi connectivity index (χ2n) is 7.69. The largest absolute Gasteiger partial charge is 0.501 e. The summed E-state index contributed by atoms with van der Waals surface area (Å²) in [5, 5.41) is 0. The highest BCUT2D eigenvalue weighted by Gasteiger charge is 2.43. The lowest BCUT2D eigenvalue weighted by atomic mass is 9.72. The van der Waals surface area contributed by atoms with E-state index in [9.17, 15) is 9.59 Å². The molecule has 0 N–H and O–H groups in total. The second kappa shape index (κ2) is 12.6. The van der Waals surface area contributed by atoms with Crippen LogP contribution in [0.3, 0.4) is 0 Å². The normalized spacial score (nSPS) is 14.4. The summed E-state index contributed by atoms with van der Waals surface area (Å²) in [6.07, 6.45) is 1.54. The molecular formula is C20H40O7Si. The standard InChI is InChI=1S/C20H40O7Si/c1-9-20(7,18(22)23-8)16-19(5,6)17(21)24-14-13-15-28(25-10-2,26-11-3)27-12-4/h9-16H2,1-8H3. The Morgan fingerprint density at radius 3 is 1.75 bits per heavy atom. The van der Waals surface area contributed by atoms with Crippen LogP contribution in [-0.2, 0) is 32.3 Å². The minimum absolute atomic E-state index is 0.255. The summed E-state index contributed by atoms with van der Waals surface area (Å²) in [4.78, 5) is 24.7. The van der Waals surface area contributed by atoms with Gasteiger partial charge in [0.1, 0.15) is 0 Å². The lowest BCUT2D eigenvalue weighted by Gasteiger charge is -2.33. The van der Waals surface area contributed by atoms with E-state index in [1.165, 1.54) is 7.11 Å². The molecule has 0 aliphatic heterocycles. The van der Waals surface area contributed by atoms with E-state index in [2.05, 4.69) is 0 Å². The fraction of sp³-hybridized carbons (Fsp3) is 0.900. The van der Waals surface area contributed by atoms with Gasteiger partial charge in [0.2, 0.25) is 0 Å². The Labute approximate surface area is 171 Å². The van der Waals surface area contributed by atoms with Crippen LogP contribution < -0.4 is 0 Å². The molecule has 28 heavy (non-hydrogen) atoms. The number of hydrogen-bond acceptors (Lipinski definition) is 7. The van der Waals surface area contributed by atoms with Gasteiger partial charge in [0.05, 0.1) is 24.5 Å². The van der Waals surface area contributed by atoms with Crippen molar-refractivity contribution >= 4 is 20.7 Å². The van der Waals surface area contributed by atoms with E-state index < -0.39 is 19.6 Å². The Bertz CT molecular complexity index is 464. The van der Waals surface area contributed by atoms with Crippen molar-refractivity contribution in [3.05, 3.63) is 0 Å². The van der Waals surface area contributed by atoms with E-state index in [0.717, 1.165) is 0 Å². The molecule has 1 atom stereocenters. The van der Waals surface area contributed by atoms with Crippen LogP contribution in [0.5, 0.6) is 0 Å². The predicted molar refractivity (Wildman–Crippen MR) is 110 cm³/mol. The summed E-state index contributed by atoms with van der Waals surface area (Å²) in [5.41, 5.74) is -1.52. The van der Waals surface area contributed by atoms with Crippen LogP contribution in [0.1, 0.15) is 67.7 Å². The SMILES string of the molecule is CCO[Si](CCCOC(=O)C(C)(C)CC(C)(CC)C(=O)OC)(OCC)OCC. The molecule has 0 fully saturated rings. The molecule has 0 spiro atoms. The molecule has 0 radical (unpaired) electrons. The fourth-order valence-corrected chi connectivity index (χ4v) is 5.87. The van der Waals surface area contributed by atoms with Gasteiger partial charge in [-0.15, -0.1) is 0 Å². The Balaban J connectivity index is 4.79. The Kier molecular flexibility index (Phi) is 12.1. The molecule has 0 heterocycles. The minimum Gasteiger partial charge on any atom is -0.469 e. The molecule has 0 rings (SSSR count). The van der Waals surface area contributed by atoms with Crippen LogP contribution in [0.25, 0.3) is 0 Å². The van der Waals surface area contributed by atoms with Crippen LogP contribution in [-0.4, -0.2) is 54.3 Å². The molecule has 0 saturated carbocycles. The zero-order valence-corrected chi connectivity index (χ0v) is 20.0. The van der Waals surface area contributed by atoms with Crippen molar-refractivity contribution in [2.45, 2.75) is 73.8 Å². The van der Waals surface area contributed by atoms with Gasteiger partial charge in [-0.1, -0.05) is 6.92 Å². The Morgan fingerprint density at radius 1 is 0.857 bits per heavy atom. The Hall–Kier alpha value is -0.963. The summed E-state index contributed by atoms with van der Waals surface area (Å²) >= 11 is 0. The first-order valence-corrected chi connectivity index (χ1v) is 12.2. The van der Waals surface area contributed by atoms with Crippen LogP contribution >= 0.6 is 0 Å². The third-order valence-corrected chi connectivity index (χ3v) is 7.95. The van der Waals surface area contributed by atoms with E-state index in [-0.39, 0.29) is 18.5 Å². The van der Waals surface area contributed by atoms with E-state index in [1.54, 1.807) is 13.8 Å². The average molecular weight is 421 g/mol. The van der Waals surface area contributed by atoms with Gasteiger partial charge in [-0.25, -0.2) is 0 Å². The first-order valence-electron chi connectivity index (χ1n) is 10.2. The number of esters is 2. The van der Waals surface area contributed by atoms with Crippen molar-refractivity contribution in [2.75, 3.05) is 33.5 Å². The monoisotopic (exact) mass is 420 g/mol. The zero-order chi connectivity index (χ0) is 21.8. The van der Waals surface area contributed by atoms with E-state index in [4.69, 9.17) is 22.8 Å². The molecule has 8 heteroatoms. The van der Waals surface area contributed by atoms with E-state index in [0.29, 0.717) is 45.1 Å². The number of carbonyl (C=O) groups is 2. The molecule has 0 aliphatic carbocycles. The van der Waals surface area contributed by atoms with E-state index >= 15 is 0 Å². The van der Waals surface area contributed by atoms with Gasteiger partial charge in [0.25, 0.3) is 0 Å². The number of carbonyl (C=O) groups excluding carboxylic acids is 2. The average Bonchev–Trinajstić information content (AvgIpc) is 2.64. The van der Waals surface area contributed by atoms with Crippen LogP contribution in [0.15, 0.2) is 0 Å². The van der Waals surface area contributed by atoms with Crippen LogP contribution in [0.4, 0.5) is 0 Å². The number of hydrogen-bond donors (Lipinski definition) is 0. The van der Waals surface area contributed by atoms with Gasteiger partial charge in [-0.2, -0.15) is 0 Å². The van der Waals surface area contributed by atoms with Gasteiger partial charge < -0.3 is 22.8 Å². The van der Waals surface area contributed by atoms with Crippen molar-refractivity contribution in [1.29, 1.82) is 0 Å². The minimum atomic E-state index is -2.73.